The number of ether oxygens (including phenoxy) is 1. The first-order valence-corrected chi connectivity index (χ1v) is 9.94. The van der Waals surface area contributed by atoms with Gasteiger partial charge >= 0.3 is 5.97 Å². The molecule has 1 aliphatic rings. The number of nitrogens with one attached hydrogen (secondary N) is 1. The van der Waals surface area contributed by atoms with Gasteiger partial charge in [-0.05, 0) is 37.5 Å². The van der Waals surface area contributed by atoms with Gasteiger partial charge in [-0.25, -0.2) is 17.9 Å². The number of hydrogen-bond donors (Lipinski definition) is 2. The molecule has 27 heavy (non-hydrogen) atoms. The fourth-order valence-electron chi connectivity index (χ4n) is 2.57. The standard InChI is InChI=1S/C19H20N2O5S/c1-12-7-10-15(27(24,25)21-14-8-9-14)11-16(12)19(23)26-17(18(20)22)13-5-3-2-4-6-13/h2-7,10-11,14,17,21H,8-9H2,1H3,(H2,20,22). The van der Waals surface area contributed by atoms with Crippen molar-refractivity contribution in [3.63, 3.8) is 0 Å². The Labute approximate surface area is 157 Å². The lowest BCUT2D eigenvalue weighted by molar-refractivity contribution is -0.127. The smallest absolute Gasteiger partial charge is 0.339 e. The van der Waals surface area contributed by atoms with E-state index in [9.17, 15) is 18.0 Å². The van der Waals surface area contributed by atoms with Crippen LogP contribution >= 0.6 is 0 Å². The van der Waals surface area contributed by atoms with Crippen LogP contribution in [0.4, 0.5) is 0 Å². The Balaban J connectivity index is 1.87. The summed E-state index contributed by atoms with van der Waals surface area (Å²) in [5.41, 5.74) is 6.41. The van der Waals surface area contributed by atoms with Crippen molar-refractivity contribution in [1.82, 2.24) is 4.72 Å². The number of esters is 1. The number of hydrogen-bond acceptors (Lipinski definition) is 5. The maximum absolute atomic E-state index is 12.6. The minimum Gasteiger partial charge on any atom is -0.444 e. The third kappa shape index (κ3) is 4.53. The van der Waals surface area contributed by atoms with Gasteiger partial charge in [0, 0.05) is 11.6 Å². The quantitative estimate of drug-likeness (QED) is 0.702. The Morgan fingerprint density at radius 2 is 1.81 bits per heavy atom. The molecule has 8 heteroatoms. The molecule has 0 bridgehead atoms. The first kappa shape index (κ1) is 19.1. The highest BCUT2D eigenvalue weighted by Gasteiger charge is 2.29. The number of carbonyl (C=O) groups excluding carboxylic acids is 2. The lowest BCUT2D eigenvalue weighted by Gasteiger charge is -2.16. The fraction of sp³-hybridized carbons (Fsp3) is 0.263. The molecule has 0 heterocycles. The van der Waals surface area contributed by atoms with E-state index in [1.807, 2.05) is 0 Å². The Morgan fingerprint density at radius 3 is 2.41 bits per heavy atom. The van der Waals surface area contributed by atoms with E-state index >= 15 is 0 Å². The first-order chi connectivity index (χ1) is 12.8. The van der Waals surface area contributed by atoms with Crippen molar-refractivity contribution in [2.75, 3.05) is 0 Å². The minimum atomic E-state index is -3.72. The zero-order valence-electron chi connectivity index (χ0n) is 14.7. The molecule has 0 radical (unpaired) electrons. The predicted molar refractivity (Wildman–Crippen MR) is 98.3 cm³/mol. The van der Waals surface area contributed by atoms with Crippen LogP contribution in [0, 0.1) is 6.92 Å². The van der Waals surface area contributed by atoms with Gasteiger partial charge in [0.15, 0.2) is 0 Å². The van der Waals surface area contributed by atoms with Gasteiger partial charge in [0.25, 0.3) is 5.91 Å². The van der Waals surface area contributed by atoms with Gasteiger partial charge in [-0.15, -0.1) is 0 Å². The summed E-state index contributed by atoms with van der Waals surface area (Å²) < 4.78 is 32.6. The van der Waals surface area contributed by atoms with Gasteiger partial charge < -0.3 is 10.5 Å². The van der Waals surface area contributed by atoms with Crippen LogP contribution < -0.4 is 10.5 Å². The Morgan fingerprint density at radius 1 is 1.15 bits per heavy atom. The number of rotatable bonds is 7. The highest BCUT2D eigenvalue weighted by Crippen LogP contribution is 2.25. The summed E-state index contributed by atoms with van der Waals surface area (Å²) in [5.74, 6) is -1.63. The molecule has 2 aromatic rings. The molecule has 1 aliphatic carbocycles. The number of benzene rings is 2. The number of carbonyl (C=O) groups is 2. The molecule has 7 nitrogen and oxygen atoms in total. The summed E-state index contributed by atoms with van der Waals surface area (Å²) in [7, 11) is -3.72. The second-order valence-corrected chi connectivity index (χ2v) is 8.18. The van der Waals surface area contributed by atoms with Crippen LogP contribution in [-0.2, 0) is 19.6 Å². The van der Waals surface area contributed by atoms with Crippen LogP contribution in [0.2, 0.25) is 0 Å². The predicted octanol–water partition coefficient (Wildman–Crippen LogP) is 1.82. The largest absolute Gasteiger partial charge is 0.444 e. The molecule has 1 saturated carbocycles. The van der Waals surface area contributed by atoms with Gasteiger partial charge in [-0.2, -0.15) is 0 Å². The number of nitrogens with two attached hydrogens (primary N) is 1. The van der Waals surface area contributed by atoms with Crippen molar-refractivity contribution >= 4 is 21.9 Å². The maximum Gasteiger partial charge on any atom is 0.339 e. The summed E-state index contributed by atoms with van der Waals surface area (Å²) in [6, 6.07) is 12.6. The van der Waals surface area contributed by atoms with Gasteiger partial charge in [0.05, 0.1) is 10.5 Å². The second-order valence-electron chi connectivity index (χ2n) is 6.47. The molecule has 2 aromatic carbocycles. The summed E-state index contributed by atoms with van der Waals surface area (Å²) >= 11 is 0. The molecule has 0 aliphatic heterocycles. The van der Waals surface area contributed by atoms with Gasteiger partial charge in [0.2, 0.25) is 16.1 Å². The molecule has 0 aromatic heterocycles. The van der Waals surface area contributed by atoms with E-state index in [1.54, 1.807) is 37.3 Å². The molecule has 142 valence electrons. The molecule has 1 amide bonds. The number of amides is 1. The zero-order valence-corrected chi connectivity index (χ0v) is 15.5. The summed E-state index contributed by atoms with van der Waals surface area (Å²) in [5, 5.41) is 0. The molecule has 3 N–H and O–H groups in total. The number of primary amides is 1. The fourth-order valence-corrected chi connectivity index (χ4v) is 3.90. The molecule has 1 unspecified atom stereocenters. The van der Waals surface area contributed by atoms with Crippen LogP contribution in [0.15, 0.2) is 53.4 Å². The summed E-state index contributed by atoms with van der Waals surface area (Å²) in [6.07, 6.45) is 0.345. The number of aryl methyl sites for hydroxylation is 1. The first-order valence-electron chi connectivity index (χ1n) is 8.46. The summed E-state index contributed by atoms with van der Waals surface area (Å²) in [6.45, 7) is 1.66. The highest BCUT2D eigenvalue weighted by molar-refractivity contribution is 7.89. The topological polar surface area (TPSA) is 116 Å². The number of sulfonamides is 1. The Bertz CT molecular complexity index is 969. The average Bonchev–Trinajstić information content (AvgIpc) is 3.43. The molecule has 0 saturated heterocycles. The lowest BCUT2D eigenvalue weighted by atomic mass is 10.1. The van der Waals surface area contributed by atoms with Gasteiger partial charge in [0.1, 0.15) is 0 Å². The van der Waals surface area contributed by atoms with Crippen LogP contribution in [-0.4, -0.2) is 26.3 Å². The van der Waals surface area contributed by atoms with E-state index in [0.717, 1.165) is 12.8 Å². The Hall–Kier alpha value is -2.71. The molecule has 0 spiro atoms. The van der Waals surface area contributed by atoms with E-state index in [4.69, 9.17) is 10.5 Å². The summed E-state index contributed by atoms with van der Waals surface area (Å²) in [4.78, 5) is 24.3. The van der Waals surface area contributed by atoms with Gasteiger partial charge in [-0.1, -0.05) is 36.4 Å². The molecule has 1 atom stereocenters. The van der Waals surface area contributed by atoms with Crippen LogP contribution in [0.3, 0.4) is 0 Å². The van der Waals surface area contributed by atoms with E-state index in [0.29, 0.717) is 11.1 Å². The van der Waals surface area contributed by atoms with Gasteiger partial charge in [-0.3, -0.25) is 4.79 Å². The Kier molecular flexibility index (Phi) is 5.29. The lowest BCUT2D eigenvalue weighted by Crippen LogP contribution is -2.27. The highest BCUT2D eigenvalue weighted by atomic mass is 32.2. The molecule has 1 fully saturated rings. The van der Waals surface area contributed by atoms with E-state index in [2.05, 4.69) is 4.72 Å². The van der Waals surface area contributed by atoms with Crippen LogP contribution in [0.1, 0.15) is 40.4 Å². The SMILES string of the molecule is Cc1ccc(S(=O)(=O)NC2CC2)cc1C(=O)OC(C(N)=O)c1ccccc1. The van der Waals surface area contributed by atoms with Crippen molar-refractivity contribution in [1.29, 1.82) is 0 Å². The van der Waals surface area contributed by atoms with Crippen LogP contribution in [0.25, 0.3) is 0 Å². The second kappa shape index (κ2) is 7.50. The van der Waals surface area contributed by atoms with Crippen molar-refractivity contribution in [2.24, 2.45) is 5.73 Å². The monoisotopic (exact) mass is 388 g/mol. The van der Waals surface area contributed by atoms with Crippen LogP contribution in [0.5, 0.6) is 0 Å². The van der Waals surface area contributed by atoms with E-state index in [1.165, 1.54) is 18.2 Å². The molecule has 3 rings (SSSR count). The van der Waals surface area contributed by atoms with Crippen molar-refractivity contribution in [2.45, 2.75) is 36.8 Å². The van der Waals surface area contributed by atoms with E-state index < -0.39 is 28.0 Å². The van der Waals surface area contributed by atoms with Crippen molar-refractivity contribution in [3.05, 3.63) is 65.2 Å². The average molecular weight is 388 g/mol. The maximum atomic E-state index is 12.6. The third-order valence-corrected chi connectivity index (χ3v) is 5.74. The third-order valence-electron chi connectivity index (χ3n) is 4.22. The molecular weight excluding hydrogens is 368 g/mol. The normalized spacial score (nSPS) is 15.1. The van der Waals surface area contributed by atoms with Crippen molar-refractivity contribution < 1.29 is 22.7 Å². The van der Waals surface area contributed by atoms with Crippen molar-refractivity contribution in [3.8, 4) is 0 Å². The minimum absolute atomic E-state index is 0.0257. The molecular formula is C19H20N2O5S. The zero-order chi connectivity index (χ0) is 19.6. The van der Waals surface area contributed by atoms with E-state index in [-0.39, 0.29) is 16.5 Å².